The van der Waals surface area contributed by atoms with Crippen LogP contribution in [0.3, 0.4) is 0 Å². The molecule has 0 spiro atoms. The minimum Gasteiger partial charge on any atom is -0.484 e. The van der Waals surface area contributed by atoms with E-state index < -0.39 is 0 Å². The van der Waals surface area contributed by atoms with Gasteiger partial charge in [-0.25, -0.2) is 0 Å². The molecule has 0 aromatic heterocycles. The summed E-state index contributed by atoms with van der Waals surface area (Å²) in [5.74, 6) is 1.65. The van der Waals surface area contributed by atoms with Crippen LogP contribution in [0.2, 0.25) is 0 Å². The van der Waals surface area contributed by atoms with Crippen LogP contribution >= 0.6 is 24.0 Å². The number of halogens is 1. The van der Waals surface area contributed by atoms with Gasteiger partial charge in [-0.3, -0.25) is 9.79 Å². The van der Waals surface area contributed by atoms with Gasteiger partial charge in [-0.2, -0.15) is 0 Å². The van der Waals surface area contributed by atoms with Gasteiger partial charge in [-0.15, -0.1) is 24.0 Å². The highest BCUT2D eigenvalue weighted by atomic mass is 127. The average Bonchev–Trinajstić information content (AvgIpc) is 3.68. The fourth-order valence-electron chi connectivity index (χ4n) is 3.89. The van der Waals surface area contributed by atoms with E-state index in [1.54, 1.807) is 0 Å². The predicted octanol–water partition coefficient (Wildman–Crippen LogP) is 4.26. The molecule has 7 heteroatoms. The number of ether oxygens (including phenoxy) is 1. The molecule has 2 aromatic rings. The Morgan fingerprint density at radius 3 is 2.53 bits per heavy atom. The zero-order valence-corrected chi connectivity index (χ0v) is 22.2. The molecule has 6 nitrogen and oxygen atoms in total. The highest BCUT2D eigenvalue weighted by Gasteiger charge is 2.23. The summed E-state index contributed by atoms with van der Waals surface area (Å²) in [6, 6.07) is 18.9. The van der Waals surface area contributed by atoms with Gasteiger partial charge in [0.05, 0.1) is 0 Å². The second-order valence-corrected chi connectivity index (χ2v) is 8.55. The van der Waals surface area contributed by atoms with Crippen molar-refractivity contribution in [2.75, 3.05) is 32.8 Å². The van der Waals surface area contributed by atoms with Crippen LogP contribution in [0, 0.1) is 0 Å². The van der Waals surface area contributed by atoms with E-state index in [1.807, 2.05) is 24.3 Å². The van der Waals surface area contributed by atoms with Gasteiger partial charge in [0.1, 0.15) is 5.75 Å². The molecule has 1 fully saturated rings. The maximum absolute atomic E-state index is 11.7. The number of amides is 1. The number of nitrogens with one attached hydrogen (secondary N) is 2. The second kappa shape index (κ2) is 13.4. The third kappa shape index (κ3) is 8.04. The Labute approximate surface area is 219 Å². The molecular weight excluding hydrogens is 539 g/mol. The SMILES string of the molecule is CCNC(=NCCc1ccc(OCC(=O)NC2CC2)cc1)N1CC=C(c2ccccc2)CC1.I. The van der Waals surface area contributed by atoms with E-state index in [0.717, 1.165) is 63.6 Å². The summed E-state index contributed by atoms with van der Waals surface area (Å²) < 4.78 is 5.58. The van der Waals surface area contributed by atoms with Crippen molar-refractivity contribution in [2.24, 2.45) is 4.99 Å². The first kappa shape index (κ1) is 26.1. The summed E-state index contributed by atoms with van der Waals surface area (Å²) in [4.78, 5) is 18.9. The lowest BCUT2D eigenvalue weighted by molar-refractivity contribution is -0.123. The molecular formula is C27H35IN4O2. The quantitative estimate of drug-likeness (QED) is 0.267. The van der Waals surface area contributed by atoms with E-state index in [0.29, 0.717) is 6.04 Å². The fraction of sp³-hybridized carbons (Fsp3) is 0.407. The molecule has 2 N–H and O–H groups in total. The smallest absolute Gasteiger partial charge is 0.258 e. The molecule has 4 rings (SSSR count). The Morgan fingerprint density at radius 1 is 1.12 bits per heavy atom. The number of aliphatic imine (C=N–C) groups is 1. The summed E-state index contributed by atoms with van der Waals surface area (Å²) in [6.07, 6.45) is 6.36. The molecule has 0 atom stereocenters. The van der Waals surface area contributed by atoms with Crippen molar-refractivity contribution >= 4 is 41.4 Å². The molecule has 1 aliphatic carbocycles. The van der Waals surface area contributed by atoms with E-state index >= 15 is 0 Å². The van der Waals surface area contributed by atoms with Crippen molar-refractivity contribution in [3.8, 4) is 5.75 Å². The summed E-state index contributed by atoms with van der Waals surface area (Å²) in [7, 11) is 0. The van der Waals surface area contributed by atoms with E-state index in [9.17, 15) is 4.79 Å². The van der Waals surface area contributed by atoms with E-state index in [2.05, 4.69) is 58.9 Å². The Bertz CT molecular complexity index is 972. The normalized spacial score (nSPS) is 15.7. The monoisotopic (exact) mass is 574 g/mol. The lowest BCUT2D eigenvalue weighted by atomic mass is 10.00. The molecule has 0 saturated heterocycles. The van der Waals surface area contributed by atoms with Crippen LogP contribution in [0.5, 0.6) is 5.75 Å². The lowest BCUT2D eigenvalue weighted by Crippen LogP contribution is -2.43. The standard InChI is InChI=1S/C27H34N4O2.HI/c1-2-28-27(31-18-15-23(16-19-31)22-6-4-3-5-7-22)29-17-14-21-8-12-25(13-9-21)33-20-26(32)30-24-10-11-24;/h3-9,12-13,15,24H,2,10-11,14,16-20H2,1H3,(H,28,29)(H,30,32);1H. The summed E-state index contributed by atoms with van der Waals surface area (Å²) >= 11 is 0. The molecule has 0 radical (unpaired) electrons. The molecule has 182 valence electrons. The second-order valence-electron chi connectivity index (χ2n) is 8.55. The maximum Gasteiger partial charge on any atom is 0.258 e. The van der Waals surface area contributed by atoms with Crippen LogP contribution in [-0.4, -0.2) is 55.6 Å². The molecule has 0 unspecified atom stereocenters. The molecule has 34 heavy (non-hydrogen) atoms. The number of guanidine groups is 1. The van der Waals surface area contributed by atoms with E-state index in [-0.39, 0.29) is 36.5 Å². The fourth-order valence-corrected chi connectivity index (χ4v) is 3.89. The zero-order valence-electron chi connectivity index (χ0n) is 19.8. The number of hydrogen-bond donors (Lipinski definition) is 2. The first-order chi connectivity index (χ1) is 16.2. The largest absolute Gasteiger partial charge is 0.484 e. The van der Waals surface area contributed by atoms with Crippen LogP contribution in [0.1, 0.15) is 37.3 Å². The van der Waals surface area contributed by atoms with Gasteiger partial charge in [0.15, 0.2) is 12.6 Å². The number of carbonyl (C=O) groups excluding carboxylic acids is 1. The highest BCUT2D eigenvalue weighted by Crippen LogP contribution is 2.22. The van der Waals surface area contributed by atoms with Gasteiger partial charge in [0.25, 0.3) is 5.91 Å². The highest BCUT2D eigenvalue weighted by molar-refractivity contribution is 14.0. The third-order valence-corrected chi connectivity index (χ3v) is 5.89. The van der Waals surface area contributed by atoms with Crippen molar-refractivity contribution < 1.29 is 9.53 Å². The van der Waals surface area contributed by atoms with Gasteiger partial charge in [0, 0.05) is 32.2 Å². The molecule has 1 saturated carbocycles. The minimum atomic E-state index is -0.0460. The van der Waals surface area contributed by atoms with Gasteiger partial charge in [-0.1, -0.05) is 48.5 Å². The van der Waals surface area contributed by atoms with E-state index in [1.165, 1.54) is 16.7 Å². The van der Waals surface area contributed by atoms with Crippen LogP contribution in [-0.2, 0) is 11.2 Å². The number of carbonyl (C=O) groups is 1. The van der Waals surface area contributed by atoms with E-state index in [4.69, 9.17) is 9.73 Å². The van der Waals surface area contributed by atoms with Crippen LogP contribution in [0.4, 0.5) is 0 Å². The van der Waals surface area contributed by atoms with Crippen molar-refractivity contribution in [3.63, 3.8) is 0 Å². The van der Waals surface area contributed by atoms with Gasteiger partial charge in [-0.05, 0) is 61.4 Å². The zero-order chi connectivity index (χ0) is 22.9. The summed E-state index contributed by atoms with van der Waals surface area (Å²) in [5.41, 5.74) is 3.93. The van der Waals surface area contributed by atoms with Crippen LogP contribution in [0.25, 0.3) is 5.57 Å². The summed E-state index contributed by atoms with van der Waals surface area (Å²) in [6.45, 7) is 5.59. The Hall–Kier alpha value is -2.55. The third-order valence-electron chi connectivity index (χ3n) is 5.89. The molecule has 1 heterocycles. The van der Waals surface area contributed by atoms with Crippen molar-refractivity contribution in [2.45, 2.75) is 38.6 Å². The predicted molar refractivity (Wildman–Crippen MR) is 149 cm³/mol. The minimum absolute atomic E-state index is 0. The van der Waals surface area contributed by atoms with Crippen LogP contribution < -0.4 is 15.4 Å². The first-order valence-corrected chi connectivity index (χ1v) is 12.0. The molecule has 2 aromatic carbocycles. The first-order valence-electron chi connectivity index (χ1n) is 12.0. The van der Waals surface area contributed by atoms with Gasteiger partial charge in [0.2, 0.25) is 0 Å². The topological polar surface area (TPSA) is 66.0 Å². The van der Waals surface area contributed by atoms with Gasteiger partial charge < -0.3 is 20.3 Å². The number of rotatable bonds is 9. The van der Waals surface area contributed by atoms with Crippen molar-refractivity contribution in [1.82, 2.24) is 15.5 Å². The number of nitrogens with zero attached hydrogens (tertiary/aromatic N) is 2. The van der Waals surface area contributed by atoms with Crippen molar-refractivity contribution in [3.05, 3.63) is 71.8 Å². The molecule has 2 aliphatic rings. The Kier molecular flexibility index (Phi) is 10.2. The molecule has 1 aliphatic heterocycles. The van der Waals surface area contributed by atoms with Crippen LogP contribution in [0.15, 0.2) is 65.7 Å². The maximum atomic E-state index is 11.7. The Morgan fingerprint density at radius 2 is 1.88 bits per heavy atom. The molecule has 0 bridgehead atoms. The van der Waals surface area contributed by atoms with Gasteiger partial charge >= 0.3 is 0 Å². The Balaban J connectivity index is 0.00000324. The number of benzene rings is 2. The lowest BCUT2D eigenvalue weighted by Gasteiger charge is -2.30. The number of hydrogen-bond acceptors (Lipinski definition) is 3. The van der Waals surface area contributed by atoms with Crippen molar-refractivity contribution in [1.29, 1.82) is 0 Å². The average molecular weight is 575 g/mol. The summed E-state index contributed by atoms with van der Waals surface area (Å²) in [5, 5.41) is 6.37. The molecule has 1 amide bonds.